The number of nitrogens with two attached hydrogens (primary N) is 1. The molecule has 1 rings (SSSR count). The molecule has 0 amide bonds. The van der Waals surface area contributed by atoms with Crippen molar-refractivity contribution in [3.05, 3.63) is 11.8 Å². The number of rotatable bonds is 5. The van der Waals surface area contributed by atoms with Gasteiger partial charge in [0.25, 0.3) is 0 Å². The third-order valence-electron chi connectivity index (χ3n) is 1.97. The van der Waals surface area contributed by atoms with Crippen molar-refractivity contribution in [1.29, 1.82) is 0 Å². The summed E-state index contributed by atoms with van der Waals surface area (Å²) in [7, 11) is -0.829. The lowest BCUT2D eigenvalue weighted by atomic mass is 10.3. The van der Waals surface area contributed by atoms with E-state index >= 15 is 0 Å². The number of nitrogen functional groups attached to an aromatic ring is 1. The minimum atomic E-state index is -0.829. The van der Waals surface area contributed by atoms with Crippen LogP contribution in [0.4, 0.5) is 11.8 Å². The maximum Gasteiger partial charge on any atom is 0.239 e. The summed E-state index contributed by atoms with van der Waals surface area (Å²) >= 11 is 0. The van der Waals surface area contributed by atoms with Crippen LogP contribution in [0, 0.1) is 6.92 Å². The zero-order valence-corrected chi connectivity index (χ0v) is 10.5. The number of nitrogens with zero attached hydrogens (tertiary/aromatic N) is 2. The molecule has 0 fully saturated rings. The van der Waals surface area contributed by atoms with Gasteiger partial charge in [-0.1, -0.05) is 0 Å². The Morgan fingerprint density at radius 2 is 2.31 bits per heavy atom. The van der Waals surface area contributed by atoms with Gasteiger partial charge < -0.3 is 5.32 Å². The minimum Gasteiger partial charge on any atom is -0.366 e. The predicted octanol–water partition coefficient (Wildman–Crippen LogP) is 0.250. The van der Waals surface area contributed by atoms with E-state index in [1.807, 2.05) is 13.8 Å². The van der Waals surface area contributed by atoms with Crippen LogP contribution >= 0.6 is 0 Å². The van der Waals surface area contributed by atoms with E-state index in [1.165, 1.54) is 0 Å². The van der Waals surface area contributed by atoms with Gasteiger partial charge in [-0.05, 0) is 13.8 Å². The standard InChI is InChI=1S/C9H17N5OS/c1-6-4-11-9(14-10)13-8(6)12-7(2)5-16(3)15/h4,7H,5,10H2,1-3H3,(H2,11,12,13,14). The fraction of sp³-hybridized carbons (Fsp3) is 0.556. The maximum atomic E-state index is 11.1. The molecule has 0 radical (unpaired) electrons. The Bertz CT molecular complexity index is 384. The molecule has 0 bridgehead atoms. The van der Waals surface area contributed by atoms with Gasteiger partial charge >= 0.3 is 0 Å². The lowest BCUT2D eigenvalue weighted by Crippen LogP contribution is -2.24. The van der Waals surface area contributed by atoms with Crippen LogP contribution in [0.25, 0.3) is 0 Å². The summed E-state index contributed by atoms with van der Waals surface area (Å²) in [4.78, 5) is 8.16. The Labute approximate surface area is 97.5 Å². The molecular weight excluding hydrogens is 226 g/mol. The van der Waals surface area contributed by atoms with Gasteiger partial charge in [-0.15, -0.1) is 0 Å². The molecule has 1 heterocycles. The van der Waals surface area contributed by atoms with Crippen molar-refractivity contribution in [2.24, 2.45) is 5.84 Å². The zero-order valence-electron chi connectivity index (χ0n) is 9.65. The number of anilines is 2. The van der Waals surface area contributed by atoms with E-state index in [4.69, 9.17) is 5.84 Å². The first-order chi connectivity index (χ1) is 7.52. The Morgan fingerprint density at radius 3 is 2.88 bits per heavy atom. The summed E-state index contributed by atoms with van der Waals surface area (Å²) in [5.74, 6) is 6.88. The van der Waals surface area contributed by atoms with Crippen LogP contribution in [0.1, 0.15) is 12.5 Å². The first-order valence-electron chi connectivity index (χ1n) is 4.89. The number of hydrogen-bond donors (Lipinski definition) is 3. The van der Waals surface area contributed by atoms with Gasteiger partial charge in [-0.3, -0.25) is 9.63 Å². The highest BCUT2D eigenvalue weighted by Crippen LogP contribution is 2.13. The normalized spacial score (nSPS) is 14.2. The van der Waals surface area contributed by atoms with Crippen molar-refractivity contribution in [1.82, 2.24) is 9.97 Å². The predicted molar refractivity (Wildman–Crippen MR) is 66.6 cm³/mol. The topological polar surface area (TPSA) is 92.9 Å². The zero-order chi connectivity index (χ0) is 12.1. The molecule has 7 heteroatoms. The van der Waals surface area contributed by atoms with Gasteiger partial charge in [0.2, 0.25) is 5.95 Å². The van der Waals surface area contributed by atoms with E-state index in [9.17, 15) is 4.21 Å². The maximum absolute atomic E-state index is 11.1. The largest absolute Gasteiger partial charge is 0.366 e. The monoisotopic (exact) mass is 243 g/mol. The molecule has 0 saturated carbocycles. The summed E-state index contributed by atoms with van der Waals surface area (Å²) in [6.45, 7) is 3.86. The van der Waals surface area contributed by atoms with Gasteiger partial charge in [-0.2, -0.15) is 4.98 Å². The van der Waals surface area contributed by atoms with Crippen LogP contribution in [-0.4, -0.2) is 32.2 Å². The molecule has 16 heavy (non-hydrogen) atoms. The van der Waals surface area contributed by atoms with Gasteiger partial charge in [0.15, 0.2) is 0 Å². The quantitative estimate of drug-likeness (QED) is 0.507. The van der Waals surface area contributed by atoms with Crippen LogP contribution in [-0.2, 0) is 10.8 Å². The van der Waals surface area contributed by atoms with Crippen LogP contribution in [0.15, 0.2) is 6.20 Å². The Balaban J connectivity index is 2.75. The number of nitrogens with one attached hydrogen (secondary N) is 2. The SMILES string of the molecule is Cc1cnc(NN)nc1NC(C)CS(C)=O. The highest BCUT2D eigenvalue weighted by Gasteiger charge is 2.08. The molecule has 0 spiro atoms. The van der Waals surface area contributed by atoms with E-state index in [-0.39, 0.29) is 6.04 Å². The molecule has 90 valence electrons. The van der Waals surface area contributed by atoms with E-state index in [0.29, 0.717) is 17.5 Å². The fourth-order valence-corrected chi connectivity index (χ4v) is 2.07. The lowest BCUT2D eigenvalue weighted by Gasteiger charge is -2.15. The third kappa shape index (κ3) is 3.74. The number of hydrogen-bond acceptors (Lipinski definition) is 6. The molecule has 1 aromatic heterocycles. The summed E-state index contributed by atoms with van der Waals surface area (Å²) < 4.78 is 11.1. The molecule has 0 aliphatic carbocycles. The molecule has 0 aliphatic rings. The van der Waals surface area contributed by atoms with Crippen molar-refractivity contribution >= 4 is 22.6 Å². The van der Waals surface area contributed by atoms with E-state index in [1.54, 1.807) is 12.5 Å². The first kappa shape index (κ1) is 12.9. The third-order valence-corrected chi connectivity index (χ3v) is 2.94. The van der Waals surface area contributed by atoms with Gasteiger partial charge in [-0.25, -0.2) is 10.8 Å². The van der Waals surface area contributed by atoms with Crippen molar-refractivity contribution in [2.75, 3.05) is 22.8 Å². The highest BCUT2D eigenvalue weighted by molar-refractivity contribution is 7.84. The van der Waals surface area contributed by atoms with Crippen LogP contribution in [0.3, 0.4) is 0 Å². The molecule has 1 aromatic rings. The number of aryl methyl sites for hydroxylation is 1. The summed E-state index contributed by atoms with van der Waals surface area (Å²) in [6.07, 6.45) is 3.36. The second-order valence-electron chi connectivity index (χ2n) is 3.65. The van der Waals surface area contributed by atoms with Crippen LogP contribution in [0.2, 0.25) is 0 Å². The number of aromatic nitrogens is 2. The van der Waals surface area contributed by atoms with Gasteiger partial charge in [0, 0.05) is 40.6 Å². The van der Waals surface area contributed by atoms with Crippen molar-refractivity contribution < 1.29 is 4.21 Å². The molecular formula is C9H17N5OS. The van der Waals surface area contributed by atoms with Crippen molar-refractivity contribution in [3.63, 3.8) is 0 Å². The molecule has 6 nitrogen and oxygen atoms in total. The fourth-order valence-electron chi connectivity index (χ4n) is 1.28. The second kappa shape index (κ2) is 5.76. The summed E-state index contributed by atoms with van der Waals surface area (Å²) in [5.41, 5.74) is 3.31. The Hall–Kier alpha value is -1.21. The van der Waals surface area contributed by atoms with E-state index in [0.717, 1.165) is 5.56 Å². The molecule has 0 aliphatic heterocycles. The minimum absolute atomic E-state index is 0.0880. The molecule has 0 saturated heterocycles. The average molecular weight is 243 g/mol. The number of hydrazine groups is 1. The van der Waals surface area contributed by atoms with E-state index < -0.39 is 10.8 Å². The molecule has 2 atom stereocenters. The molecule has 2 unspecified atom stereocenters. The van der Waals surface area contributed by atoms with Crippen molar-refractivity contribution in [2.45, 2.75) is 19.9 Å². The first-order valence-corrected chi connectivity index (χ1v) is 6.62. The van der Waals surface area contributed by atoms with Crippen LogP contribution < -0.4 is 16.6 Å². The average Bonchev–Trinajstić information content (AvgIpc) is 2.20. The van der Waals surface area contributed by atoms with Crippen LogP contribution in [0.5, 0.6) is 0 Å². The van der Waals surface area contributed by atoms with Crippen molar-refractivity contribution in [3.8, 4) is 0 Å². The summed E-state index contributed by atoms with van der Waals surface area (Å²) in [6, 6.07) is 0.0880. The lowest BCUT2D eigenvalue weighted by molar-refractivity contribution is 0.682. The Kier molecular flexibility index (Phi) is 4.63. The molecule has 4 N–H and O–H groups in total. The Morgan fingerprint density at radius 1 is 1.62 bits per heavy atom. The molecule has 0 aromatic carbocycles. The van der Waals surface area contributed by atoms with E-state index in [2.05, 4.69) is 20.7 Å². The second-order valence-corrected chi connectivity index (χ2v) is 5.13. The summed E-state index contributed by atoms with van der Waals surface area (Å²) in [5, 5.41) is 3.18. The van der Waals surface area contributed by atoms with Gasteiger partial charge in [0.05, 0.1) is 0 Å². The smallest absolute Gasteiger partial charge is 0.239 e. The highest BCUT2D eigenvalue weighted by atomic mass is 32.2. The van der Waals surface area contributed by atoms with Gasteiger partial charge in [0.1, 0.15) is 5.82 Å².